The third-order valence-corrected chi connectivity index (χ3v) is 6.44. The van der Waals surface area contributed by atoms with Crippen LogP contribution in [0.25, 0.3) is 61.7 Å². The summed E-state index contributed by atoms with van der Waals surface area (Å²) in [5.41, 5.74) is 7.35. The maximum absolute atomic E-state index is 4.87. The van der Waals surface area contributed by atoms with Gasteiger partial charge in [0.05, 0.1) is 34.3 Å². The minimum absolute atomic E-state index is 0.566. The quantitative estimate of drug-likeness (QED) is 0.281. The molecule has 0 spiro atoms. The van der Waals surface area contributed by atoms with E-state index in [9.17, 15) is 0 Å². The molecular weight excluding hydrogens is 456 g/mol. The summed E-state index contributed by atoms with van der Waals surface area (Å²) in [5, 5.41) is 2.39. The highest BCUT2D eigenvalue weighted by molar-refractivity contribution is 6.08. The lowest BCUT2D eigenvalue weighted by Crippen LogP contribution is -1.98. The normalized spacial score (nSPS) is 11.2. The number of hydrogen-bond acceptors (Lipinski definition) is 5. The lowest BCUT2D eigenvalue weighted by atomic mass is 10.1. The largest absolute Gasteiger partial charge is 0.308 e. The number of aromatic nitrogens is 6. The zero-order valence-electron chi connectivity index (χ0n) is 19.7. The Labute approximate surface area is 213 Å². The van der Waals surface area contributed by atoms with Crippen LogP contribution in [0.5, 0.6) is 0 Å². The zero-order chi connectivity index (χ0) is 24.6. The van der Waals surface area contributed by atoms with Crippen LogP contribution in [0.15, 0.2) is 122 Å². The molecule has 0 bridgehead atoms. The zero-order valence-corrected chi connectivity index (χ0v) is 19.7. The van der Waals surface area contributed by atoms with Crippen LogP contribution in [0.1, 0.15) is 0 Å². The van der Waals surface area contributed by atoms with Gasteiger partial charge in [0.25, 0.3) is 0 Å². The number of nitrogens with zero attached hydrogens (tertiary/aromatic N) is 6. The minimum Gasteiger partial charge on any atom is -0.308 e. The molecule has 0 unspecified atom stereocenters. The molecule has 6 heteroatoms. The topological polar surface area (TPSA) is 69.4 Å². The van der Waals surface area contributed by atoms with Crippen LogP contribution < -0.4 is 0 Å². The van der Waals surface area contributed by atoms with E-state index in [1.165, 1.54) is 10.8 Å². The molecule has 37 heavy (non-hydrogen) atoms. The van der Waals surface area contributed by atoms with Crippen molar-refractivity contribution in [1.29, 1.82) is 0 Å². The van der Waals surface area contributed by atoms with Crippen molar-refractivity contribution in [2.24, 2.45) is 0 Å². The molecule has 0 N–H and O–H groups in total. The predicted molar refractivity (Wildman–Crippen MR) is 146 cm³/mol. The van der Waals surface area contributed by atoms with Gasteiger partial charge in [0.1, 0.15) is 5.69 Å². The summed E-state index contributed by atoms with van der Waals surface area (Å²) in [6, 6.07) is 32.5. The molecule has 174 valence electrons. The van der Waals surface area contributed by atoms with Gasteiger partial charge < -0.3 is 4.57 Å². The van der Waals surface area contributed by atoms with Gasteiger partial charge in [-0.3, -0.25) is 15.0 Å². The Hall–Kier alpha value is -5.23. The van der Waals surface area contributed by atoms with Crippen LogP contribution in [0, 0.1) is 0 Å². The van der Waals surface area contributed by atoms with Gasteiger partial charge >= 0.3 is 0 Å². The van der Waals surface area contributed by atoms with E-state index in [4.69, 9.17) is 9.97 Å². The van der Waals surface area contributed by atoms with Crippen molar-refractivity contribution in [3.63, 3.8) is 0 Å². The van der Waals surface area contributed by atoms with E-state index in [1.807, 2.05) is 54.9 Å². The number of fused-ring (bicyclic) bond motifs is 3. The molecule has 0 aliphatic heterocycles. The summed E-state index contributed by atoms with van der Waals surface area (Å²) in [6.07, 6.45) is 7.29. The summed E-state index contributed by atoms with van der Waals surface area (Å²) >= 11 is 0. The second-order valence-corrected chi connectivity index (χ2v) is 8.68. The molecular formula is C31H20N6. The Morgan fingerprint density at radius 1 is 0.514 bits per heavy atom. The molecule has 0 aliphatic carbocycles. The summed E-state index contributed by atoms with van der Waals surface area (Å²) in [4.78, 5) is 23.0. The lowest BCUT2D eigenvalue weighted by Gasteiger charge is -2.11. The molecule has 7 aromatic rings. The first-order valence-corrected chi connectivity index (χ1v) is 12.0. The van der Waals surface area contributed by atoms with Gasteiger partial charge in [0, 0.05) is 40.6 Å². The molecule has 0 saturated heterocycles. The predicted octanol–water partition coefficient (Wildman–Crippen LogP) is 6.76. The van der Waals surface area contributed by atoms with E-state index < -0.39 is 0 Å². The SMILES string of the molecule is c1ccc(-c2cc(-c3ccc(-n4c5ccccc5c5ccncc54)cc3)nc(-c3ccccn3)n2)nc1. The van der Waals surface area contributed by atoms with Gasteiger partial charge in [-0.05, 0) is 54.6 Å². The number of benzene rings is 2. The molecule has 5 aromatic heterocycles. The van der Waals surface area contributed by atoms with Crippen LogP contribution >= 0.6 is 0 Å². The highest BCUT2D eigenvalue weighted by Gasteiger charge is 2.14. The Balaban J connectivity index is 1.37. The fourth-order valence-electron chi connectivity index (χ4n) is 4.73. The average molecular weight is 477 g/mol. The van der Waals surface area contributed by atoms with Crippen molar-refractivity contribution in [3.8, 4) is 39.9 Å². The van der Waals surface area contributed by atoms with Crippen LogP contribution in [-0.2, 0) is 0 Å². The summed E-state index contributed by atoms with van der Waals surface area (Å²) in [5.74, 6) is 0.566. The molecule has 6 nitrogen and oxygen atoms in total. The first-order valence-electron chi connectivity index (χ1n) is 12.0. The fraction of sp³-hybridized carbons (Fsp3) is 0. The van der Waals surface area contributed by atoms with E-state index in [0.29, 0.717) is 5.82 Å². The highest BCUT2D eigenvalue weighted by Crippen LogP contribution is 2.32. The van der Waals surface area contributed by atoms with E-state index in [1.54, 1.807) is 12.4 Å². The van der Waals surface area contributed by atoms with Gasteiger partial charge in [-0.2, -0.15) is 0 Å². The van der Waals surface area contributed by atoms with Gasteiger partial charge in [0.2, 0.25) is 0 Å². The Kier molecular flexibility index (Phi) is 5.00. The number of pyridine rings is 3. The van der Waals surface area contributed by atoms with Gasteiger partial charge in [-0.25, -0.2) is 9.97 Å². The molecule has 0 aliphatic rings. The average Bonchev–Trinajstić information content (AvgIpc) is 3.32. The molecule has 0 atom stereocenters. The third-order valence-electron chi connectivity index (χ3n) is 6.44. The van der Waals surface area contributed by atoms with Crippen molar-refractivity contribution in [2.75, 3.05) is 0 Å². The van der Waals surface area contributed by atoms with E-state index >= 15 is 0 Å². The first kappa shape index (κ1) is 21.1. The first-order chi connectivity index (χ1) is 18.3. The molecule has 0 fully saturated rings. The maximum atomic E-state index is 4.87. The van der Waals surface area contributed by atoms with Crippen molar-refractivity contribution >= 4 is 21.8 Å². The fourth-order valence-corrected chi connectivity index (χ4v) is 4.73. The van der Waals surface area contributed by atoms with Crippen molar-refractivity contribution < 1.29 is 0 Å². The summed E-state index contributed by atoms with van der Waals surface area (Å²) in [7, 11) is 0. The van der Waals surface area contributed by atoms with Crippen LogP contribution in [0.4, 0.5) is 0 Å². The van der Waals surface area contributed by atoms with Crippen LogP contribution in [0.3, 0.4) is 0 Å². The smallest absolute Gasteiger partial charge is 0.179 e. The Morgan fingerprint density at radius 3 is 2.00 bits per heavy atom. The second-order valence-electron chi connectivity index (χ2n) is 8.68. The number of para-hydroxylation sites is 1. The molecule has 7 rings (SSSR count). The van der Waals surface area contributed by atoms with E-state index in [2.05, 4.69) is 74.1 Å². The van der Waals surface area contributed by atoms with Crippen molar-refractivity contribution in [2.45, 2.75) is 0 Å². The second kappa shape index (κ2) is 8.77. The maximum Gasteiger partial charge on any atom is 0.179 e. The van der Waals surface area contributed by atoms with Gasteiger partial charge in [-0.15, -0.1) is 0 Å². The van der Waals surface area contributed by atoms with Gasteiger partial charge in [-0.1, -0.05) is 42.5 Å². The van der Waals surface area contributed by atoms with E-state index in [-0.39, 0.29) is 0 Å². The lowest BCUT2D eigenvalue weighted by molar-refractivity contribution is 1.13. The monoisotopic (exact) mass is 476 g/mol. The molecule has 0 amide bonds. The van der Waals surface area contributed by atoms with Crippen molar-refractivity contribution in [3.05, 3.63) is 122 Å². The molecule has 2 aromatic carbocycles. The third kappa shape index (κ3) is 3.72. The Bertz CT molecular complexity index is 1750. The minimum atomic E-state index is 0.566. The molecule has 0 saturated carbocycles. The number of rotatable bonds is 4. The number of hydrogen-bond donors (Lipinski definition) is 0. The van der Waals surface area contributed by atoms with Crippen LogP contribution in [0.2, 0.25) is 0 Å². The summed E-state index contributed by atoms with van der Waals surface area (Å²) < 4.78 is 2.25. The standard InChI is InChI=1S/C31H20N6/c1-2-10-29-23(7-1)24-15-18-32-20-30(24)37(29)22-13-11-21(12-14-22)27-19-28(25-8-3-5-16-33-25)36-31(35-27)26-9-4-6-17-34-26/h1-20H. The van der Waals surface area contributed by atoms with Gasteiger partial charge in [0.15, 0.2) is 5.82 Å². The highest BCUT2D eigenvalue weighted by atomic mass is 15.0. The molecule has 5 heterocycles. The van der Waals surface area contributed by atoms with Crippen molar-refractivity contribution in [1.82, 2.24) is 29.5 Å². The van der Waals surface area contributed by atoms with Crippen LogP contribution in [-0.4, -0.2) is 29.5 Å². The van der Waals surface area contributed by atoms with E-state index in [0.717, 1.165) is 45.1 Å². The molecule has 0 radical (unpaired) electrons. The summed E-state index contributed by atoms with van der Waals surface area (Å²) in [6.45, 7) is 0. The Morgan fingerprint density at radius 2 is 1.22 bits per heavy atom.